The summed E-state index contributed by atoms with van der Waals surface area (Å²) < 4.78 is 14.6. The van der Waals surface area contributed by atoms with Crippen molar-refractivity contribution < 1.29 is 14.0 Å². The number of amides is 2. The largest absolute Gasteiger partial charge is 0.358 e. The minimum atomic E-state index is -0.362. The lowest BCUT2D eigenvalue weighted by Gasteiger charge is -2.17. The van der Waals surface area contributed by atoms with Crippen molar-refractivity contribution in [2.75, 3.05) is 31.5 Å². The molecule has 6 nitrogen and oxygen atoms in total. The van der Waals surface area contributed by atoms with E-state index in [-0.39, 0.29) is 17.6 Å². The molecule has 1 aromatic heterocycles. The Morgan fingerprint density at radius 2 is 1.82 bits per heavy atom. The highest BCUT2D eigenvalue weighted by Crippen LogP contribution is 2.41. The molecule has 2 heterocycles. The van der Waals surface area contributed by atoms with E-state index in [2.05, 4.69) is 34.4 Å². The van der Waals surface area contributed by atoms with Gasteiger partial charge in [0.2, 0.25) is 0 Å². The molecule has 0 saturated carbocycles. The summed E-state index contributed by atoms with van der Waals surface area (Å²) in [5.74, 6) is -0.859. The van der Waals surface area contributed by atoms with Gasteiger partial charge in [-0.2, -0.15) is 0 Å². The zero-order valence-electron chi connectivity index (χ0n) is 19.7. The molecular formula is C27H29FN4O2. The first-order chi connectivity index (χ1) is 16.4. The van der Waals surface area contributed by atoms with Crippen molar-refractivity contribution in [2.24, 2.45) is 0 Å². The first-order valence-electron chi connectivity index (χ1n) is 11.5. The summed E-state index contributed by atoms with van der Waals surface area (Å²) in [6.45, 7) is 9.18. The van der Waals surface area contributed by atoms with Gasteiger partial charge in [-0.05, 0) is 49.9 Å². The van der Waals surface area contributed by atoms with Crippen molar-refractivity contribution in [1.82, 2.24) is 15.2 Å². The maximum absolute atomic E-state index is 14.6. The Morgan fingerprint density at radius 3 is 2.56 bits per heavy atom. The van der Waals surface area contributed by atoms with Crippen LogP contribution in [0.1, 0.15) is 41.2 Å². The van der Waals surface area contributed by atoms with Gasteiger partial charge in [0.05, 0.1) is 16.8 Å². The molecule has 34 heavy (non-hydrogen) atoms. The molecule has 2 amide bonds. The number of aryl methyl sites for hydroxylation is 1. The Morgan fingerprint density at radius 1 is 1.09 bits per heavy atom. The van der Waals surface area contributed by atoms with E-state index in [0.717, 1.165) is 25.3 Å². The van der Waals surface area contributed by atoms with Crippen molar-refractivity contribution in [1.29, 1.82) is 0 Å². The summed E-state index contributed by atoms with van der Waals surface area (Å²) >= 11 is 0. The van der Waals surface area contributed by atoms with E-state index in [1.807, 2.05) is 6.92 Å². The van der Waals surface area contributed by atoms with Crippen LogP contribution in [0.5, 0.6) is 0 Å². The highest BCUT2D eigenvalue weighted by molar-refractivity contribution is 6.36. The van der Waals surface area contributed by atoms with Crippen LogP contribution in [0.4, 0.5) is 10.1 Å². The summed E-state index contributed by atoms with van der Waals surface area (Å²) in [6.07, 6.45) is 1.68. The molecule has 176 valence electrons. The fraction of sp³-hybridized carbons (Fsp3) is 0.259. The van der Waals surface area contributed by atoms with Gasteiger partial charge in [0, 0.05) is 35.6 Å². The molecule has 2 aromatic carbocycles. The lowest BCUT2D eigenvalue weighted by molar-refractivity contribution is -0.110. The van der Waals surface area contributed by atoms with Crippen LogP contribution in [0.3, 0.4) is 0 Å². The number of nitrogens with one attached hydrogen (secondary N) is 3. The molecule has 0 spiro atoms. The number of H-pyrrole nitrogens is 1. The van der Waals surface area contributed by atoms with E-state index in [4.69, 9.17) is 0 Å². The molecule has 1 aliphatic rings. The number of aromatic nitrogens is 1. The summed E-state index contributed by atoms with van der Waals surface area (Å²) in [5, 5.41) is 5.83. The predicted octanol–water partition coefficient (Wildman–Crippen LogP) is 4.69. The number of nitrogens with zero attached hydrogens (tertiary/aromatic N) is 1. The van der Waals surface area contributed by atoms with Crippen molar-refractivity contribution in [3.63, 3.8) is 0 Å². The second-order valence-corrected chi connectivity index (χ2v) is 8.28. The van der Waals surface area contributed by atoms with Crippen LogP contribution in [0.2, 0.25) is 0 Å². The summed E-state index contributed by atoms with van der Waals surface area (Å²) in [6, 6.07) is 13.6. The van der Waals surface area contributed by atoms with E-state index in [1.54, 1.807) is 48.5 Å². The molecule has 0 atom stereocenters. The van der Waals surface area contributed by atoms with Crippen LogP contribution >= 0.6 is 0 Å². The Kier molecular flexibility index (Phi) is 6.93. The second kappa shape index (κ2) is 10.1. The minimum Gasteiger partial charge on any atom is -0.358 e. The van der Waals surface area contributed by atoms with Crippen LogP contribution in [-0.2, 0) is 4.79 Å². The zero-order valence-corrected chi connectivity index (χ0v) is 19.7. The molecule has 0 bridgehead atoms. The zero-order chi connectivity index (χ0) is 24.2. The lowest BCUT2D eigenvalue weighted by Crippen LogP contribution is -2.34. The van der Waals surface area contributed by atoms with Gasteiger partial charge in [-0.25, -0.2) is 4.39 Å². The Hall–Kier alpha value is -3.71. The second-order valence-electron chi connectivity index (χ2n) is 8.28. The Labute approximate surface area is 198 Å². The number of hydrogen-bond acceptors (Lipinski definition) is 3. The van der Waals surface area contributed by atoms with Gasteiger partial charge in [0.15, 0.2) is 0 Å². The number of aromatic amines is 1. The molecular weight excluding hydrogens is 431 g/mol. The maximum Gasteiger partial charge on any atom is 0.256 e. The fourth-order valence-electron chi connectivity index (χ4n) is 4.31. The van der Waals surface area contributed by atoms with Gasteiger partial charge >= 0.3 is 0 Å². The topological polar surface area (TPSA) is 77.2 Å². The predicted molar refractivity (Wildman–Crippen MR) is 134 cm³/mol. The molecule has 4 rings (SSSR count). The first-order valence-corrected chi connectivity index (χ1v) is 11.5. The van der Waals surface area contributed by atoms with Crippen LogP contribution in [-0.4, -0.2) is 47.9 Å². The van der Waals surface area contributed by atoms with Crippen molar-refractivity contribution >= 4 is 29.2 Å². The van der Waals surface area contributed by atoms with E-state index < -0.39 is 0 Å². The highest BCUT2D eigenvalue weighted by Gasteiger charge is 2.29. The van der Waals surface area contributed by atoms with Crippen molar-refractivity contribution in [3.05, 3.63) is 76.9 Å². The van der Waals surface area contributed by atoms with E-state index in [9.17, 15) is 14.0 Å². The van der Waals surface area contributed by atoms with E-state index in [0.29, 0.717) is 45.8 Å². The molecule has 7 heteroatoms. The average molecular weight is 461 g/mol. The van der Waals surface area contributed by atoms with Crippen LogP contribution in [0.15, 0.2) is 48.5 Å². The Balaban J connectivity index is 1.69. The summed E-state index contributed by atoms with van der Waals surface area (Å²) in [5.41, 5.74) is 4.47. The number of halogens is 1. The summed E-state index contributed by atoms with van der Waals surface area (Å²) in [4.78, 5) is 31.3. The molecule has 0 fully saturated rings. The number of likely N-dealkylation sites (N-methyl/N-ethyl adjacent to an activating group) is 1. The minimum absolute atomic E-state index is 0.204. The molecule has 0 unspecified atom stereocenters. The van der Waals surface area contributed by atoms with Gasteiger partial charge in [0.25, 0.3) is 11.8 Å². The van der Waals surface area contributed by atoms with E-state index >= 15 is 0 Å². The van der Waals surface area contributed by atoms with Gasteiger partial charge in [-0.15, -0.1) is 0 Å². The number of rotatable bonds is 8. The third-order valence-electron chi connectivity index (χ3n) is 6.11. The average Bonchev–Trinajstić information content (AvgIpc) is 3.36. The van der Waals surface area contributed by atoms with Gasteiger partial charge in [-0.1, -0.05) is 44.2 Å². The highest BCUT2D eigenvalue weighted by atomic mass is 19.1. The number of carbonyl (C=O) groups excluding carboxylic acids is 2. The SMILES string of the molecule is CCN(CC)CCNC(=O)c1cc(C)[nH]c1/C=C1\C(=O)Nc2cccc(-c3ccccc3F)c21. The molecule has 3 N–H and O–H groups in total. The lowest BCUT2D eigenvalue weighted by atomic mass is 9.94. The van der Waals surface area contributed by atoms with Crippen molar-refractivity contribution in [3.8, 4) is 11.1 Å². The molecule has 0 saturated heterocycles. The van der Waals surface area contributed by atoms with Crippen molar-refractivity contribution in [2.45, 2.75) is 20.8 Å². The molecule has 0 radical (unpaired) electrons. The first kappa shape index (κ1) is 23.4. The number of fused-ring (bicyclic) bond motifs is 1. The number of carbonyl (C=O) groups is 2. The fourth-order valence-corrected chi connectivity index (χ4v) is 4.31. The molecule has 1 aliphatic heterocycles. The number of anilines is 1. The van der Waals surface area contributed by atoms with E-state index in [1.165, 1.54) is 6.07 Å². The van der Waals surface area contributed by atoms with Crippen LogP contribution < -0.4 is 10.6 Å². The quantitative estimate of drug-likeness (QED) is 0.427. The third-order valence-corrected chi connectivity index (χ3v) is 6.11. The Bertz CT molecular complexity index is 1260. The number of benzene rings is 2. The molecule has 0 aliphatic carbocycles. The normalized spacial score (nSPS) is 13.9. The van der Waals surface area contributed by atoms with Crippen LogP contribution in [0, 0.1) is 12.7 Å². The summed E-state index contributed by atoms with van der Waals surface area (Å²) in [7, 11) is 0. The smallest absolute Gasteiger partial charge is 0.256 e. The van der Waals surface area contributed by atoms with Gasteiger partial charge < -0.3 is 20.5 Å². The maximum atomic E-state index is 14.6. The van der Waals surface area contributed by atoms with Gasteiger partial charge in [0.1, 0.15) is 5.82 Å². The monoisotopic (exact) mass is 460 g/mol. The number of hydrogen-bond donors (Lipinski definition) is 3. The van der Waals surface area contributed by atoms with Gasteiger partial charge in [-0.3, -0.25) is 9.59 Å². The van der Waals surface area contributed by atoms with Crippen LogP contribution in [0.25, 0.3) is 22.8 Å². The molecule has 3 aromatic rings. The third kappa shape index (κ3) is 4.65. The standard InChI is InChI=1S/C27H29FN4O2/c1-4-32(5-2)14-13-29-26(33)20-15-17(3)30-24(20)16-21-25-19(18-9-6-7-11-22(18)28)10-8-12-23(25)31-27(21)34/h6-12,15-16,30H,4-5,13-14H2,1-3H3,(H,29,33)(H,31,34)/b21-16-.